The van der Waals surface area contributed by atoms with Crippen molar-refractivity contribution in [3.63, 3.8) is 0 Å². The van der Waals surface area contributed by atoms with Gasteiger partial charge in [-0.1, -0.05) is 6.92 Å². The summed E-state index contributed by atoms with van der Waals surface area (Å²) in [6.07, 6.45) is 1.73. The zero-order valence-corrected chi connectivity index (χ0v) is 11.1. The van der Waals surface area contributed by atoms with Crippen LogP contribution in [0.2, 0.25) is 0 Å². The standard InChI is InChI=1S/C13H22N2O3/c1-8-6-15(7-11(8)13(17)18)12(16)10-3-4-14-9(2)5-10/h8-11,14H,3-7H2,1-2H3,(H,17,18)/t8-,9?,10?,11-/m1/s1. The van der Waals surface area contributed by atoms with Crippen LogP contribution in [0.15, 0.2) is 0 Å². The highest BCUT2D eigenvalue weighted by Gasteiger charge is 2.39. The van der Waals surface area contributed by atoms with Crippen LogP contribution in [-0.2, 0) is 9.59 Å². The van der Waals surface area contributed by atoms with Crippen molar-refractivity contribution in [1.29, 1.82) is 0 Å². The molecule has 2 aliphatic rings. The number of aliphatic carboxylic acids is 1. The zero-order chi connectivity index (χ0) is 13.3. The lowest BCUT2D eigenvalue weighted by Gasteiger charge is -2.30. The molecule has 0 radical (unpaired) electrons. The Bertz CT molecular complexity index is 345. The van der Waals surface area contributed by atoms with E-state index in [2.05, 4.69) is 12.2 Å². The van der Waals surface area contributed by atoms with Crippen molar-refractivity contribution in [2.75, 3.05) is 19.6 Å². The fraction of sp³-hybridized carbons (Fsp3) is 0.846. The van der Waals surface area contributed by atoms with Gasteiger partial charge in [-0.25, -0.2) is 0 Å². The molecular weight excluding hydrogens is 232 g/mol. The molecule has 0 bridgehead atoms. The third-order valence-corrected chi connectivity index (χ3v) is 4.21. The first-order valence-electron chi connectivity index (χ1n) is 6.74. The second-order valence-corrected chi connectivity index (χ2v) is 5.74. The zero-order valence-electron chi connectivity index (χ0n) is 11.1. The first-order chi connectivity index (χ1) is 8.49. The molecule has 0 aromatic rings. The molecular formula is C13H22N2O3. The van der Waals surface area contributed by atoms with Gasteiger partial charge in [-0.05, 0) is 32.2 Å². The van der Waals surface area contributed by atoms with Crippen molar-refractivity contribution >= 4 is 11.9 Å². The van der Waals surface area contributed by atoms with E-state index in [4.69, 9.17) is 5.11 Å². The van der Waals surface area contributed by atoms with Crippen molar-refractivity contribution < 1.29 is 14.7 Å². The number of rotatable bonds is 2. The molecule has 102 valence electrons. The Labute approximate surface area is 108 Å². The maximum absolute atomic E-state index is 12.4. The monoisotopic (exact) mass is 254 g/mol. The summed E-state index contributed by atoms with van der Waals surface area (Å²) in [4.78, 5) is 25.2. The largest absolute Gasteiger partial charge is 0.481 e. The first kappa shape index (κ1) is 13.3. The van der Waals surface area contributed by atoms with Crippen LogP contribution >= 0.6 is 0 Å². The lowest BCUT2D eigenvalue weighted by molar-refractivity contribution is -0.142. The minimum absolute atomic E-state index is 0.0607. The summed E-state index contributed by atoms with van der Waals surface area (Å²) in [5, 5.41) is 12.4. The van der Waals surface area contributed by atoms with E-state index in [9.17, 15) is 9.59 Å². The van der Waals surface area contributed by atoms with E-state index in [1.807, 2.05) is 6.92 Å². The van der Waals surface area contributed by atoms with Crippen molar-refractivity contribution in [2.24, 2.45) is 17.8 Å². The number of piperidine rings is 1. The predicted octanol–water partition coefficient (Wildman–Crippen LogP) is 0.554. The van der Waals surface area contributed by atoms with Crippen molar-refractivity contribution in [3.05, 3.63) is 0 Å². The summed E-state index contributed by atoms with van der Waals surface area (Å²) in [6.45, 7) is 5.86. The number of carboxylic acids is 1. The van der Waals surface area contributed by atoms with Gasteiger partial charge >= 0.3 is 5.97 Å². The summed E-state index contributed by atoms with van der Waals surface area (Å²) in [6, 6.07) is 0.378. The molecule has 2 rings (SSSR count). The molecule has 5 nitrogen and oxygen atoms in total. The number of amides is 1. The molecule has 0 saturated carbocycles. The van der Waals surface area contributed by atoms with E-state index in [0.717, 1.165) is 19.4 Å². The van der Waals surface area contributed by atoms with Gasteiger partial charge in [0.1, 0.15) is 0 Å². The maximum atomic E-state index is 12.4. The van der Waals surface area contributed by atoms with E-state index in [1.165, 1.54) is 0 Å². The molecule has 0 aromatic heterocycles. The Balaban J connectivity index is 1.96. The predicted molar refractivity (Wildman–Crippen MR) is 67.1 cm³/mol. The molecule has 0 aliphatic carbocycles. The molecule has 5 heteroatoms. The molecule has 18 heavy (non-hydrogen) atoms. The van der Waals surface area contributed by atoms with Crippen LogP contribution < -0.4 is 5.32 Å². The highest BCUT2D eigenvalue weighted by atomic mass is 16.4. The summed E-state index contributed by atoms with van der Waals surface area (Å²) < 4.78 is 0. The Morgan fingerprint density at radius 3 is 2.56 bits per heavy atom. The first-order valence-corrected chi connectivity index (χ1v) is 6.74. The van der Waals surface area contributed by atoms with Crippen LogP contribution in [0.4, 0.5) is 0 Å². The Morgan fingerprint density at radius 2 is 2.00 bits per heavy atom. The minimum atomic E-state index is -0.781. The van der Waals surface area contributed by atoms with E-state index < -0.39 is 11.9 Å². The Kier molecular flexibility index (Phi) is 3.90. The second-order valence-electron chi connectivity index (χ2n) is 5.74. The van der Waals surface area contributed by atoms with Gasteiger partial charge in [-0.3, -0.25) is 9.59 Å². The van der Waals surface area contributed by atoms with Crippen LogP contribution in [0.1, 0.15) is 26.7 Å². The molecule has 2 heterocycles. The number of carbonyl (C=O) groups is 2. The third kappa shape index (κ3) is 2.66. The van der Waals surface area contributed by atoms with Gasteiger partial charge < -0.3 is 15.3 Å². The maximum Gasteiger partial charge on any atom is 0.308 e. The molecule has 0 spiro atoms. The third-order valence-electron chi connectivity index (χ3n) is 4.21. The number of nitrogens with zero attached hydrogens (tertiary/aromatic N) is 1. The number of likely N-dealkylation sites (tertiary alicyclic amines) is 1. The van der Waals surface area contributed by atoms with Crippen molar-refractivity contribution in [2.45, 2.75) is 32.7 Å². The van der Waals surface area contributed by atoms with Gasteiger partial charge in [0.2, 0.25) is 5.91 Å². The number of hydrogen-bond donors (Lipinski definition) is 2. The fourth-order valence-corrected chi connectivity index (χ4v) is 3.08. The van der Waals surface area contributed by atoms with Gasteiger partial charge in [-0.2, -0.15) is 0 Å². The molecule has 2 fully saturated rings. The molecule has 0 aromatic carbocycles. The highest BCUT2D eigenvalue weighted by Crippen LogP contribution is 2.27. The van der Waals surface area contributed by atoms with Gasteiger partial charge in [0.25, 0.3) is 0 Å². The number of nitrogens with one attached hydrogen (secondary N) is 1. The average molecular weight is 254 g/mol. The molecule has 4 atom stereocenters. The molecule has 2 saturated heterocycles. The number of carbonyl (C=O) groups excluding carboxylic acids is 1. The highest BCUT2D eigenvalue weighted by molar-refractivity contribution is 5.81. The van der Waals surface area contributed by atoms with Crippen LogP contribution in [0.25, 0.3) is 0 Å². The molecule has 2 unspecified atom stereocenters. The van der Waals surface area contributed by atoms with Crippen LogP contribution in [-0.4, -0.2) is 47.6 Å². The van der Waals surface area contributed by atoms with Crippen LogP contribution in [0, 0.1) is 17.8 Å². The van der Waals surface area contributed by atoms with Crippen LogP contribution in [0.5, 0.6) is 0 Å². The average Bonchev–Trinajstić information content (AvgIpc) is 2.70. The number of carboxylic acid groups (broad SMARTS) is 1. The smallest absolute Gasteiger partial charge is 0.308 e. The number of hydrogen-bond acceptors (Lipinski definition) is 3. The summed E-state index contributed by atoms with van der Waals surface area (Å²) in [7, 11) is 0. The van der Waals surface area contributed by atoms with E-state index in [1.54, 1.807) is 4.90 Å². The van der Waals surface area contributed by atoms with Crippen molar-refractivity contribution in [3.8, 4) is 0 Å². The minimum Gasteiger partial charge on any atom is -0.481 e. The normalized spacial score (nSPS) is 36.7. The van der Waals surface area contributed by atoms with E-state index in [-0.39, 0.29) is 17.7 Å². The molecule has 2 N–H and O–H groups in total. The van der Waals surface area contributed by atoms with Crippen molar-refractivity contribution in [1.82, 2.24) is 10.2 Å². The van der Waals surface area contributed by atoms with Gasteiger partial charge in [0, 0.05) is 25.0 Å². The molecule has 1 amide bonds. The van der Waals surface area contributed by atoms with Gasteiger partial charge in [0.15, 0.2) is 0 Å². The van der Waals surface area contributed by atoms with Crippen LogP contribution in [0.3, 0.4) is 0 Å². The Hall–Kier alpha value is -1.10. The summed E-state index contributed by atoms with van der Waals surface area (Å²) in [5.41, 5.74) is 0. The second kappa shape index (κ2) is 5.26. The summed E-state index contributed by atoms with van der Waals surface area (Å²) in [5.74, 6) is -0.893. The SMILES string of the molecule is CC1CC(C(=O)N2C[C@@H](C)[C@H](C(=O)O)C2)CCN1. The lowest BCUT2D eigenvalue weighted by Crippen LogP contribution is -2.43. The molecule has 2 aliphatic heterocycles. The van der Waals surface area contributed by atoms with Gasteiger partial charge in [0.05, 0.1) is 5.92 Å². The topological polar surface area (TPSA) is 69.6 Å². The lowest BCUT2D eigenvalue weighted by atomic mass is 9.92. The van der Waals surface area contributed by atoms with Gasteiger partial charge in [-0.15, -0.1) is 0 Å². The van der Waals surface area contributed by atoms with E-state index in [0.29, 0.717) is 19.1 Å². The van der Waals surface area contributed by atoms with E-state index >= 15 is 0 Å². The summed E-state index contributed by atoms with van der Waals surface area (Å²) >= 11 is 0. The fourth-order valence-electron chi connectivity index (χ4n) is 3.08. The quantitative estimate of drug-likeness (QED) is 0.755. The Morgan fingerprint density at radius 1 is 1.28 bits per heavy atom.